The number of aliphatic hydroxyl groups excluding tert-OH is 1. The molecule has 2 aromatic rings. The Bertz CT molecular complexity index is 665. The number of rotatable bonds is 9. The molecule has 0 saturated carbocycles. The van der Waals surface area contributed by atoms with E-state index < -0.39 is 6.10 Å². The first kappa shape index (κ1) is 20.0. The number of hydrogen-bond acceptors (Lipinski definition) is 4. The summed E-state index contributed by atoms with van der Waals surface area (Å²) in [5.41, 5.74) is 7.36. The van der Waals surface area contributed by atoms with Crippen LogP contribution < -0.4 is 15.8 Å². The van der Waals surface area contributed by atoms with E-state index in [1.165, 1.54) is 5.56 Å². The predicted octanol–water partition coefficient (Wildman–Crippen LogP) is 3.59. The van der Waals surface area contributed by atoms with Gasteiger partial charge in [0, 0.05) is 19.1 Å². The van der Waals surface area contributed by atoms with Gasteiger partial charge in [-0.15, -0.1) is 0 Å². The van der Waals surface area contributed by atoms with Crippen molar-refractivity contribution in [2.75, 3.05) is 19.7 Å². The van der Waals surface area contributed by atoms with Gasteiger partial charge in [-0.1, -0.05) is 41.4 Å². The lowest BCUT2D eigenvalue weighted by Crippen LogP contribution is -2.32. The standard InChI is InChI=1S/C19H24Cl2N2O2/c1-13(10-14-2-5-16(6-3-14)25-9-8-22)23-12-19(24)15-4-7-17(20)18(21)11-15/h2-7,11,13,19,23-24H,8-10,12,22H2,1H3/t13-,19+/m1/s1. The van der Waals surface area contributed by atoms with E-state index in [1.54, 1.807) is 18.2 Å². The van der Waals surface area contributed by atoms with Crippen LogP contribution in [0.25, 0.3) is 0 Å². The van der Waals surface area contributed by atoms with Crippen LogP contribution in [-0.4, -0.2) is 30.8 Å². The lowest BCUT2D eigenvalue weighted by atomic mass is 10.1. The van der Waals surface area contributed by atoms with Gasteiger partial charge in [0.2, 0.25) is 0 Å². The van der Waals surface area contributed by atoms with Crippen LogP contribution in [0.15, 0.2) is 42.5 Å². The molecule has 136 valence electrons. The Kier molecular flexibility index (Phi) is 8.00. The summed E-state index contributed by atoms with van der Waals surface area (Å²) in [4.78, 5) is 0. The van der Waals surface area contributed by atoms with Crippen molar-refractivity contribution in [3.8, 4) is 5.75 Å². The fraction of sp³-hybridized carbons (Fsp3) is 0.368. The molecule has 0 unspecified atom stereocenters. The van der Waals surface area contributed by atoms with Crippen LogP contribution in [0.4, 0.5) is 0 Å². The summed E-state index contributed by atoms with van der Waals surface area (Å²) in [6, 6.07) is 13.4. The summed E-state index contributed by atoms with van der Waals surface area (Å²) in [6.45, 7) is 3.55. The Morgan fingerprint density at radius 1 is 1.12 bits per heavy atom. The number of nitrogens with one attached hydrogen (secondary N) is 1. The fourth-order valence-corrected chi connectivity index (χ4v) is 2.78. The minimum atomic E-state index is -0.635. The van der Waals surface area contributed by atoms with Gasteiger partial charge >= 0.3 is 0 Å². The van der Waals surface area contributed by atoms with Gasteiger partial charge < -0.3 is 20.9 Å². The minimum Gasteiger partial charge on any atom is -0.492 e. The number of aliphatic hydroxyl groups is 1. The van der Waals surface area contributed by atoms with E-state index >= 15 is 0 Å². The Balaban J connectivity index is 1.81. The van der Waals surface area contributed by atoms with Gasteiger partial charge in [0.1, 0.15) is 12.4 Å². The maximum atomic E-state index is 10.3. The van der Waals surface area contributed by atoms with Gasteiger partial charge in [0.15, 0.2) is 0 Å². The van der Waals surface area contributed by atoms with Crippen LogP contribution in [0.1, 0.15) is 24.2 Å². The van der Waals surface area contributed by atoms with Crippen molar-refractivity contribution in [2.24, 2.45) is 5.73 Å². The zero-order valence-corrected chi connectivity index (χ0v) is 15.7. The van der Waals surface area contributed by atoms with Gasteiger partial charge in [-0.05, 0) is 48.7 Å². The van der Waals surface area contributed by atoms with Crippen molar-refractivity contribution in [1.82, 2.24) is 5.32 Å². The highest BCUT2D eigenvalue weighted by molar-refractivity contribution is 6.42. The molecule has 4 nitrogen and oxygen atoms in total. The molecule has 0 aromatic heterocycles. The molecule has 0 aliphatic rings. The van der Waals surface area contributed by atoms with E-state index in [-0.39, 0.29) is 6.04 Å². The van der Waals surface area contributed by atoms with Crippen molar-refractivity contribution in [3.63, 3.8) is 0 Å². The summed E-state index contributed by atoms with van der Waals surface area (Å²) in [5.74, 6) is 0.824. The molecular formula is C19H24Cl2N2O2. The lowest BCUT2D eigenvalue weighted by molar-refractivity contribution is 0.170. The Morgan fingerprint density at radius 2 is 1.84 bits per heavy atom. The third kappa shape index (κ3) is 6.49. The lowest BCUT2D eigenvalue weighted by Gasteiger charge is -2.18. The molecule has 2 atom stereocenters. The molecule has 0 aliphatic carbocycles. The summed E-state index contributed by atoms with van der Waals surface area (Å²) in [6.07, 6.45) is 0.217. The highest BCUT2D eigenvalue weighted by Crippen LogP contribution is 2.25. The van der Waals surface area contributed by atoms with E-state index in [0.29, 0.717) is 29.7 Å². The molecule has 6 heteroatoms. The molecule has 0 aliphatic heterocycles. The molecule has 0 saturated heterocycles. The molecule has 2 aromatic carbocycles. The second-order valence-corrected chi connectivity index (χ2v) is 6.80. The summed E-state index contributed by atoms with van der Waals surface area (Å²) in [5, 5.41) is 14.5. The minimum absolute atomic E-state index is 0.216. The van der Waals surface area contributed by atoms with Crippen molar-refractivity contribution in [2.45, 2.75) is 25.5 Å². The van der Waals surface area contributed by atoms with Crippen LogP contribution in [0.2, 0.25) is 10.0 Å². The van der Waals surface area contributed by atoms with Gasteiger partial charge in [-0.2, -0.15) is 0 Å². The smallest absolute Gasteiger partial charge is 0.119 e. The van der Waals surface area contributed by atoms with Crippen LogP contribution >= 0.6 is 23.2 Å². The van der Waals surface area contributed by atoms with E-state index in [1.807, 2.05) is 24.3 Å². The largest absolute Gasteiger partial charge is 0.492 e. The van der Waals surface area contributed by atoms with Crippen LogP contribution in [0.5, 0.6) is 5.75 Å². The number of benzene rings is 2. The molecule has 0 amide bonds. The first-order valence-electron chi connectivity index (χ1n) is 8.27. The van der Waals surface area contributed by atoms with E-state index in [2.05, 4.69) is 12.2 Å². The van der Waals surface area contributed by atoms with Crippen molar-refractivity contribution in [3.05, 3.63) is 63.6 Å². The van der Waals surface area contributed by atoms with Crippen molar-refractivity contribution < 1.29 is 9.84 Å². The fourth-order valence-electron chi connectivity index (χ4n) is 2.47. The number of ether oxygens (including phenoxy) is 1. The highest BCUT2D eigenvalue weighted by Gasteiger charge is 2.11. The average Bonchev–Trinajstić information content (AvgIpc) is 2.61. The normalized spacial score (nSPS) is 13.5. The molecule has 2 rings (SSSR count). The molecule has 0 fully saturated rings. The molecule has 0 radical (unpaired) electrons. The molecular weight excluding hydrogens is 359 g/mol. The quantitative estimate of drug-likeness (QED) is 0.619. The monoisotopic (exact) mass is 382 g/mol. The Labute approximate surface area is 158 Å². The zero-order chi connectivity index (χ0) is 18.2. The van der Waals surface area contributed by atoms with E-state index in [4.69, 9.17) is 33.7 Å². The van der Waals surface area contributed by atoms with Crippen LogP contribution in [0.3, 0.4) is 0 Å². The van der Waals surface area contributed by atoms with Crippen molar-refractivity contribution >= 4 is 23.2 Å². The van der Waals surface area contributed by atoms with Gasteiger partial charge in [-0.3, -0.25) is 0 Å². The summed E-state index contributed by atoms with van der Waals surface area (Å²) in [7, 11) is 0. The maximum absolute atomic E-state index is 10.3. The van der Waals surface area contributed by atoms with E-state index in [0.717, 1.165) is 17.7 Å². The van der Waals surface area contributed by atoms with Crippen LogP contribution in [0, 0.1) is 0 Å². The third-order valence-corrected chi connectivity index (χ3v) is 4.58. The average molecular weight is 383 g/mol. The Morgan fingerprint density at radius 3 is 2.48 bits per heavy atom. The first-order chi connectivity index (χ1) is 12.0. The topological polar surface area (TPSA) is 67.5 Å². The highest BCUT2D eigenvalue weighted by atomic mass is 35.5. The van der Waals surface area contributed by atoms with Crippen LogP contribution in [-0.2, 0) is 6.42 Å². The summed E-state index contributed by atoms with van der Waals surface area (Å²) < 4.78 is 5.47. The number of hydrogen-bond donors (Lipinski definition) is 3. The Hall–Kier alpha value is -1.30. The number of nitrogens with two attached hydrogens (primary N) is 1. The van der Waals surface area contributed by atoms with Gasteiger partial charge in [0.05, 0.1) is 16.1 Å². The molecule has 0 bridgehead atoms. The third-order valence-electron chi connectivity index (χ3n) is 3.84. The molecule has 25 heavy (non-hydrogen) atoms. The molecule has 4 N–H and O–H groups in total. The SMILES string of the molecule is C[C@H](Cc1ccc(OCCN)cc1)NC[C@H](O)c1ccc(Cl)c(Cl)c1. The molecule has 0 heterocycles. The molecule has 0 spiro atoms. The van der Waals surface area contributed by atoms with Crippen molar-refractivity contribution in [1.29, 1.82) is 0 Å². The van der Waals surface area contributed by atoms with Gasteiger partial charge in [-0.25, -0.2) is 0 Å². The predicted molar refractivity (Wildman–Crippen MR) is 104 cm³/mol. The summed E-state index contributed by atoms with van der Waals surface area (Å²) >= 11 is 11.9. The first-order valence-corrected chi connectivity index (χ1v) is 9.03. The van der Waals surface area contributed by atoms with Gasteiger partial charge in [0.25, 0.3) is 0 Å². The second-order valence-electron chi connectivity index (χ2n) is 5.98. The van der Waals surface area contributed by atoms with E-state index in [9.17, 15) is 5.11 Å². The maximum Gasteiger partial charge on any atom is 0.119 e. The number of halogens is 2. The second kappa shape index (κ2) is 10.00. The zero-order valence-electron chi connectivity index (χ0n) is 14.2.